The maximum atomic E-state index is 12.7. The van der Waals surface area contributed by atoms with Crippen molar-refractivity contribution in [2.24, 2.45) is 11.8 Å². The molecule has 3 atom stereocenters. The number of nitrogens with zero attached hydrogens (tertiary/aromatic N) is 1. The lowest BCUT2D eigenvalue weighted by atomic mass is 9.75. The number of carbonyl (C=O) groups is 2. The highest BCUT2D eigenvalue weighted by molar-refractivity contribution is 5.93. The molecule has 1 aromatic rings. The molecule has 2 N–H and O–H groups in total. The first-order chi connectivity index (χ1) is 12.6. The fourth-order valence-electron chi connectivity index (χ4n) is 4.53. The number of hydrogen-bond donors (Lipinski definition) is 2. The predicted octanol–water partition coefficient (Wildman–Crippen LogP) is 1.10. The molecule has 1 saturated carbocycles. The molecule has 1 aliphatic heterocycles. The largest absolute Gasteiger partial charge is 0.355 e. The zero-order valence-corrected chi connectivity index (χ0v) is 16.1. The number of benzene rings is 1. The lowest BCUT2D eigenvalue weighted by molar-refractivity contribution is -0.885. The first-order valence-corrected chi connectivity index (χ1v) is 9.97. The lowest BCUT2D eigenvalue weighted by Crippen LogP contribution is -3.08. The van der Waals surface area contributed by atoms with Crippen molar-refractivity contribution in [3.8, 4) is 0 Å². The fourth-order valence-corrected chi connectivity index (χ4v) is 4.53. The van der Waals surface area contributed by atoms with Crippen molar-refractivity contribution in [1.82, 2.24) is 10.2 Å². The third kappa shape index (κ3) is 4.64. The van der Waals surface area contributed by atoms with Gasteiger partial charge in [0.05, 0.1) is 7.05 Å². The number of fused-ring (bicyclic) bond motifs is 1. The van der Waals surface area contributed by atoms with Crippen LogP contribution in [0.5, 0.6) is 0 Å². The van der Waals surface area contributed by atoms with E-state index < -0.39 is 0 Å². The van der Waals surface area contributed by atoms with Gasteiger partial charge < -0.3 is 15.1 Å². The summed E-state index contributed by atoms with van der Waals surface area (Å²) in [7, 11) is 3.70. The maximum Gasteiger partial charge on any atom is 0.277 e. The van der Waals surface area contributed by atoms with Crippen LogP contribution < -0.4 is 10.2 Å². The molecule has 1 aromatic carbocycles. The number of carbonyl (C=O) groups excluding carboxylic acids is 2. The average Bonchev–Trinajstić information content (AvgIpc) is 2.67. The molecule has 0 spiro atoms. The summed E-state index contributed by atoms with van der Waals surface area (Å²) in [5.41, 5.74) is 1.81. The third-order valence-electron chi connectivity index (χ3n) is 6.05. The second-order valence-electron chi connectivity index (χ2n) is 8.02. The Labute approximate surface area is 156 Å². The molecule has 1 unspecified atom stereocenters. The van der Waals surface area contributed by atoms with Crippen LogP contribution >= 0.6 is 0 Å². The third-order valence-corrected chi connectivity index (χ3v) is 6.05. The normalized spacial score (nSPS) is 23.8. The van der Waals surface area contributed by atoms with Gasteiger partial charge in [0.2, 0.25) is 0 Å². The minimum absolute atomic E-state index is 0.0708. The molecule has 2 amide bonds. The molecule has 142 valence electrons. The Morgan fingerprint density at radius 2 is 1.81 bits per heavy atom. The molecule has 2 fully saturated rings. The van der Waals surface area contributed by atoms with Crippen molar-refractivity contribution in [3.05, 3.63) is 35.4 Å². The monoisotopic (exact) mass is 358 g/mol. The SMILES string of the molecule is CNC(=O)c1ccc(C[NH+](C)CC(=O)N2CC[C@H]3CCCC[C@@H]3C2)cc1. The number of likely N-dealkylation sites (N-methyl/N-ethyl adjacent to an activating group) is 1. The molecule has 5 heteroatoms. The van der Waals surface area contributed by atoms with Gasteiger partial charge in [-0.3, -0.25) is 9.59 Å². The quantitative estimate of drug-likeness (QED) is 0.828. The summed E-state index contributed by atoms with van der Waals surface area (Å²) in [6.45, 7) is 3.24. The zero-order chi connectivity index (χ0) is 18.5. The van der Waals surface area contributed by atoms with Crippen molar-refractivity contribution in [3.63, 3.8) is 0 Å². The van der Waals surface area contributed by atoms with E-state index in [1.807, 2.05) is 24.3 Å². The lowest BCUT2D eigenvalue weighted by Gasteiger charge is -2.41. The van der Waals surface area contributed by atoms with E-state index in [0.29, 0.717) is 12.1 Å². The topological polar surface area (TPSA) is 53.9 Å². The van der Waals surface area contributed by atoms with Gasteiger partial charge in [-0.2, -0.15) is 0 Å². The van der Waals surface area contributed by atoms with Crippen LogP contribution in [-0.4, -0.2) is 50.4 Å². The Hall–Kier alpha value is -1.88. The summed E-state index contributed by atoms with van der Waals surface area (Å²) in [4.78, 5) is 27.6. The van der Waals surface area contributed by atoms with Crippen molar-refractivity contribution in [2.45, 2.75) is 38.6 Å². The van der Waals surface area contributed by atoms with Gasteiger partial charge in [-0.1, -0.05) is 31.4 Å². The van der Waals surface area contributed by atoms with Crippen LogP contribution in [0.15, 0.2) is 24.3 Å². The summed E-state index contributed by atoms with van der Waals surface area (Å²) in [5.74, 6) is 1.81. The number of amides is 2. The molecular weight excluding hydrogens is 326 g/mol. The second kappa shape index (κ2) is 8.67. The van der Waals surface area contributed by atoms with E-state index in [2.05, 4.69) is 17.3 Å². The first kappa shape index (κ1) is 18.9. The highest BCUT2D eigenvalue weighted by atomic mass is 16.2. The van der Waals surface area contributed by atoms with Gasteiger partial charge in [0.25, 0.3) is 11.8 Å². The highest BCUT2D eigenvalue weighted by Gasteiger charge is 2.33. The van der Waals surface area contributed by atoms with E-state index in [4.69, 9.17) is 0 Å². The molecule has 2 aliphatic rings. The van der Waals surface area contributed by atoms with Crippen molar-refractivity contribution < 1.29 is 14.5 Å². The van der Waals surface area contributed by atoms with Gasteiger partial charge in [-0.05, 0) is 36.8 Å². The Morgan fingerprint density at radius 1 is 1.12 bits per heavy atom. The second-order valence-corrected chi connectivity index (χ2v) is 8.02. The van der Waals surface area contributed by atoms with E-state index in [9.17, 15) is 9.59 Å². The Balaban J connectivity index is 1.49. The number of hydrogen-bond acceptors (Lipinski definition) is 2. The summed E-state index contributed by atoms with van der Waals surface area (Å²) < 4.78 is 0. The molecular formula is C21H32N3O2+. The number of quaternary nitrogens is 1. The highest BCUT2D eigenvalue weighted by Crippen LogP contribution is 2.35. The van der Waals surface area contributed by atoms with E-state index in [0.717, 1.165) is 37.0 Å². The number of piperidine rings is 1. The molecule has 5 nitrogen and oxygen atoms in total. The summed E-state index contributed by atoms with van der Waals surface area (Å²) in [6, 6.07) is 7.65. The molecule has 3 rings (SSSR count). The smallest absolute Gasteiger partial charge is 0.277 e. The van der Waals surface area contributed by atoms with Crippen LogP contribution in [-0.2, 0) is 11.3 Å². The van der Waals surface area contributed by atoms with E-state index in [1.165, 1.54) is 37.0 Å². The van der Waals surface area contributed by atoms with E-state index in [-0.39, 0.29) is 11.8 Å². The minimum atomic E-state index is -0.0708. The van der Waals surface area contributed by atoms with Crippen LogP contribution in [0.2, 0.25) is 0 Å². The van der Waals surface area contributed by atoms with Crippen LogP contribution in [0.4, 0.5) is 0 Å². The summed E-state index contributed by atoms with van der Waals surface area (Å²) in [6.07, 6.45) is 6.57. The van der Waals surface area contributed by atoms with Crippen LogP contribution in [0.3, 0.4) is 0 Å². The molecule has 1 saturated heterocycles. The summed E-state index contributed by atoms with van der Waals surface area (Å²) >= 11 is 0. The average molecular weight is 359 g/mol. The van der Waals surface area contributed by atoms with Gasteiger partial charge in [0.1, 0.15) is 6.54 Å². The van der Waals surface area contributed by atoms with Gasteiger partial charge in [0.15, 0.2) is 6.54 Å². The standard InChI is InChI=1S/C21H31N3O2/c1-22-21(26)18-9-7-16(8-10-18)13-23(2)15-20(25)24-12-11-17-5-3-4-6-19(17)14-24/h7-10,17,19H,3-6,11-15H2,1-2H3,(H,22,26)/p+1/t17-,19-/m1/s1. The van der Waals surface area contributed by atoms with Gasteiger partial charge in [-0.25, -0.2) is 0 Å². The molecule has 26 heavy (non-hydrogen) atoms. The first-order valence-electron chi connectivity index (χ1n) is 9.97. The summed E-state index contributed by atoms with van der Waals surface area (Å²) in [5, 5.41) is 2.63. The molecule has 1 aliphatic carbocycles. The molecule has 1 heterocycles. The maximum absolute atomic E-state index is 12.7. The van der Waals surface area contributed by atoms with Gasteiger partial charge in [0, 0.05) is 31.3 Å². The Bertz CT molecular complexity index is 629. The minimum Gasteiger partial charge on any atom is -0.355 e. The number of nitrogens with one attached hydrogen (secondary N) is 2. The van der Waals surface area contributed by atoms with Crippen LogP contribution in [0, 0.1) is 11.8 Å². The fraction of sp³-hybridized carbons (Fsp3) is 0.619. The van der Waals surface area contributed by atoms with Crippen LogP contribution in [0.25, 0.3) is 0 Å². The van der Waals surface area contributed by atoms with Crippen LogP contribution in [0.1, 0.15) is 48.0 Å². The molecule has 0 aromatic heterocycles. The Morgan fingerprint density at radius 3 is 2.50 bits per heavy atom. The van der Waals surface area contributed by atoms with Crippen molar-refractivity contribution in [1.29, 1.82) is 0 Å². The van der Waals surface area contributed by atoms with E-state index >= 15 is 0 Å². The zero-order valence-electron chi connectivity index (χ0n) is 16.1. The van der Waals surface area contributed by atoms with Crippen molar-refractivity contribution >= 4 is 11.8 Å². The van der Waals surface area contributed by atoms with Gasteiger partial charge in [-0.15, -0.1) is 0 Å². The molecule has 0 bridgehead atoms. The molecule has 0 radical (unpaired) electrons. The number of likely N-dealkylation sites (tertiary alicyclic amines) is 1. The Kier molecular flexibility index (Phi) is 6.30. The van der Waals surface area contributed by atoms with Gasteiger partial charge >= 0.3 is 0 Å². The predicted molar refractivity (Wildman–Crippen MR) is 102 cm³/mol. The van der Waals surface area contributed by atoms with Crippen molar-refractivity contribution in [2.75, 3.05) is 33.7 Å². The van der Waals surface area contributed by atoms with E-state index in [1.54, 1.807) is 7.05 Å². The number of rotatable bonds is 5.